The first kappa shape index (κ1) is 20.0. The lowest BCUT2D eigenvalue weighted by Crippen LogP contribution is -2.11. The van der Waals surface area contributed by atoms with Gasteiger partial charge in [0.05, 0.1) is 11.5 Å². The molecule has 2 N–H and O–H groups in total. The summed E-state index contributed by atoms with van der Waals surface area (Å²) in [7, 11) is -4.01. The number of aryl methyl sites for hydroxylation is 1. The topological polar surface area (TPSA) is 108 Å². The van der Waals surface area contributed by atoms with Gasteiger partial charge in [-0.15, -0.1) is 0 Å². The number of amidine groups is 1. The average molecular weight is 418 g/mol. The molecule has 1 aliphatic rings. The van der Waals surface area contributed by atoms with E-state index in [2.05, 4.69) is 4.99 Å². The zero-order chi connectivity index (χ0) is 20.3. The summed E-state index contributed by atoms with van der Waals surface area (Å²) >= 11 is 1.07. The number of hydrogen-bond donors (Lipinski definition) is 1. The molecule has 0 fully saturated rings. The summed E-state index contributed by atoms with van der Waals surface area (Å²) < 4.78 is 35.9. The Morgan fingerprint density at radius 1 is 1.14 bits per heavy atom. The molecule has 9 heteroatoms. The van der Waals surface area contributed by atoms with Crippen molar-refractivity contribution >= 4 is 39.0 Å². The number of amides is 1. The van der Waals surface area contributed by atoms with E-state index < -0.39 is 16.0 Å². The van der Waals surface area contributed by atoms with Crippen LogP contribution in [0.1, 0.15) is 18.1 Å². The number of nitrogens with two attached hydrogens (primary N) is 1. The molecule has 7 nitrogen and oxygen atoms in total. The van der Waals surface area contributed by atoms with Gasteiger partial charge in [-0.1, -0.05) is 23.8 Å². The number of aliphatic imine (C=N–C) groups is 1. The van der Waals surface area contributed by atoms with Gasteiger partial charge in [-0.25, -0.2) is 0 Å². The molecule has 0 saturated heterocycles. The Morgan fingerprint density at radius 2 is 1.86 bits per heavy atom. The number of rotatable bonds is 6. The maximum absolute atomic E-state index is 12.5. The zero-order valence-electron chi connectivity index (χ0n) is 15.2. The Labute approximate surface area is 167 Å². The van der Waals surface area contributed by atoms with Gasteiger partial charge in [0.15, 0.2) is 16.7 Å². The van der Waals surface area contributed by atoms with E-state index in [9.17, 15) is 13.2 Å². The van der Waals surface area contributed by atoms with Gasteiger partial charge >= 0.3 is 10.1 Å². The molecule has 146 valence electrons. The Balaban J connectivity index is 1.90. The van der Waals surface area contributed by atoms with Gasteiger partial charge in [0.1, 0.15) is 4.90 Å². The van der Waals surface area contributed by atoms with E-state index >= 15 is 0 Å². The quantitative estimate of drug-likeness (QED) is 0.567. The second-order valence-corrected chi connectivity index (χ2v) is 8.46. The van der Waals surface area contributed by atoms with E-state index in [0.717, 1.165) is 17.3 Å². The number of nitrogens with zero attached hydrogens (tertiary/aromatic N) is 1. The molecule has 0 saturated carbocycles. The number of carbonyl (C=O) groups is 1. The van der Waals surface area contributed by atoms with Crippen molar-refractivity contribution in [3.8, 4) is 11.5 Å². The average Bonchev–Trinajstić information content (AvgIpc) is 2.95. The standard InChI is InChI=1S/C19H18N2O5S2/c1-3-25-16-10-13(11-17-18(22)21-19(20)27-17)6-9-15(16)26-28(23,24)14-7-4-12(2)5-8-14/h4-11H,3H2,1-2H3,(H2,20,21,22)/b17-11-. The van der Waals surface area contributed by atoms with Crippen molar-refractivity contribution in [2.75, 3.05) is 6.61 Å². The summed E-state index contributed by atoms with van der Waals surface area (Å²) in [6.07, 6.45) is 1.61. The molecule has 0 spiro atoms. The molecule has 0 bridgehead atoms. The van der Waals surface area contributed by atoms with E-state index in [-0.39, 0.29) is 21.6 Å². The maximum atomic E-state index is 12.5. The molecule has 1 amide bonds. The van der Waals surface area contributed by atoms with Crippen LogP contribution in [0.5, 0.6) is 11.5 Å². The molecule has 2 aromatic carbocycles. The lowest BCUT2D eigenvalue weighted by atomic mass is 10.2. The van der Waals surface area contributed by atoms with Gasteiger partial charge in [-0.05, 0) is 61.5 Å². The molecule has 0 radical (unpaired) electrons. The van der Waals surface area contributed by atoms with Crippen LogP contribution >= 0.6 is 11.8 Å². The predicted molar refractivity (Wildman–Crippen MR) is 109 cm³/mol. The second kappa shape index (κ2) is 8.07. The molecule has 0 atom stereocenters. The first-order chi connectivity index (χ1) is 13.3. The van der Waals surface area contributed by atoms with Crippen molar-refractivity contribution in [1.29, 1.82) is 0 Å². The minimum absolute atomic E-state index is 0.0484. The van der Waals surface area contributed by atoms with Crippen LogP contribution in [0.2, 0.25) is 0 Å². The summed E-state index contributed by atoms with van der Waals surface area (Å²) in [5.74, 6) is -0.106. The summed E-state index contributed by atoms with van der Waals surface area (Å²) in [6.45, 7) is 3.95. The Kier molecular flexibility index (Phi) is 5.76. The third-order valence-corrected chi connectivity index (χ3v) is 5.77. The van der Waals surface area contributed by atoms with E-state index in [0.29, 0.717) is 17.1 Å². The fourth-order valence-electron chi connectivity index (χ4n) is 2.40. The molecule has 0 unspecified atom stereocenters. The van der Waals surface area contributed by atoms with Crippen LogP contribution in [0.15, 0.2) is 57.3 Å². The van der Waals surface area contributed by atoms with E-state index in [1.54, 1.807) is 37.3 Å². The van der Waals surface area contributed by atoms with Crippen molar-refractivity contribution in [2.45, 2.75) is 18.7 Å². The van der Waals surface area contributed by atoms with E-state index in [4.69, 9.17) is 14.7 Å². The van der Waals surface area contributed by atoms with Gasteiger partial charge in [0.2, 0.25) is 0 Å². The number of ether oxygens (including phenoxy) is 1. The molecule has 1 heterocycles. The number of carbonyl (C=O) groups excluding carboxylic acids is 1. The van der Waals surface area contributed by atoms with Gasteiger partial charge < -0.3 is 14.7 Å². The fourth-order valence-corrected chi connectivity index (χ4v) is 4.02. The summed E-state index contributed by atoms with van der Waals surface area (Å²) in [5.41, 5.74) is 7.11. The van der Waals surface area contributed by atoms with E-state index in [1.165, 1.54) is 18.2 Å². The molecule has 0 aliphatic carbocycles. The highest BCUT2D eigenvalue weighted by Gasteiger charge is 2.21. The monoisotopic (exact) mass is 418 g/mol. The smallest absolute Gasteiger partial charge is 0.339 e. The Bertz CT molecular complexity index is 1070. The Hall–Kier alpha value is -2.78. The van der Waals surface area contributed by atoms with Gasteiger partial charge in [0, 0.05) is 0 Å². The first-order valence-corrected chi connectivity index (χ1v) is 10.6. The first-order valence-electron chi connectivity index (χ1n) is 8.34. The van der Waals surface area contributed by atoms with Gasteiger partial charge in [-0.3, -0.25) is 4.79 Å². The molecular formula is C19H18N2O5S2. The maximum Gasteiger partial charge on any atom is 0.339 e. The lowest BCUT2D eigenvalue weighted by Gasteiger charge is -2.13. The normalized spacial score (nSPS) is 15.6. The molecule has 3 rings (SSSR count). The number of thioether (sulfide) groups is 1. The zero-order valence-corrected chi connectivity index (χ0v) is 16.8. The molecule has 28 heavy (non-hydrogen) atoms. The minimum Gasteiger partial charge on any atom is -0.490 e. The van der Waals surface area contributed by atoms with Gasteiger partial charge in [-0.2, -0.15) is 13.4 Å². The van der Waals surface area contributed by atoms with Crippen molar-refractivity contribution in [1.82, 2.24) is 0 Å². The lowest BCUT2D eigenvalue weighted by molar-refractivity contribution is -0.113. The second-order valence-electron chi connectivity index (χ2n) is 5.86. The summed E-state index contributed by atoms with van der Waals surface area (Å²) in [6, 6.07) is 11.1. The summed E-state index contributed by atoms with van der Waals surface area (Å²) in [5, 5.41) is 0.186. The van der Waals surface area contributed by atoms with Crippen LogP contribution in [0.3, 0.4) is 0 Å². The largest absolute Gasteiger partial charge is 0.490 e. The SMILES string of the molecule is CCOc1cc(/C=C2\SC(N)=NC2=O)ccc1OS(=O)(=O)c1ccc(C)cc1. The van der Waals surface area contributed by atoms with Gasteiger partial charge in [0.25, 0.3) is 5.91 Å². The van der Waals surface area contributed by atoms with Crippen LogP contribution in [-0.4, -0.2) is 26.1 Å². The molecular weight excluding hydrogens is 400 g/mol. The van der Waals surface area contributed by atoms with Crippen LogP contribution in [0.25, 0.3) is 6.08 Å². The van der Waals surface area contributed by atoms with Crippen LogP contribution in [0.4, 0.5) is 0 Å². The number of hydrogen-bond acceptors (Lipinski definition) is 7. The molecule has 2 aromatic rings. The highest BCUT2D eigenvalue weighted by atomic mass is 32.2. The molecule has 1 aliphatic heterocycles. The van der Waals surface area contributed by atoms with Crippen molar-refractivity contribution in [3.05, 3.63) is 58.5 Å². The molecule has 0 aromatic heterocycles. The van der Waals surface area contributed by atoms with Crippen molar-refractivity contribution in [3.63, 3.8) is 0 Å². The van der Waals surface area contributed by atoms with Crippen molar-refractivity contribution in [2.24, 2.45) is 10.7 Å². The predicted octanol–water partition coefficient (Wildman–Crippen LogP) is 3.09. The third kappa shape index (κ3) is 4.55. The van der Waals surface area contributed by atoms with E-state index in [1.807, 2.05) is 6.92 Å². The summed E-state index contributed by atoms with van der Waals surface area (Å²) in [4.78, 5) is 15.8. The number of benzene rings is 2. The third-order valence-electron chi connectivity index (χ3n) is 3.71. The fraction of sp³-hybridized carbons (Fsp3) is 0.158. The Morgan fingerprint density at radius 3 is 2.46 bits per heavy atom. The highest BCUT2D eigenvalue weighted by Crippen LogP contribution is 2.33. The highest BCUT2D eigenvalue weighted by molar-refractivity contribution is 8.18. The van der Waals surface area contributed by atoms with Crippen molar-refractivity contribution < 1.29 is 22.1 Å². The van der Waals surface area contributed by atoms with Crippen LogP contribution in [-0.2, 0) is 14.9 Å². The minimum atomic E-state index is -4.01. The van der Waals surface area contributed by atoms with Crippen LogP contribution < -0.4 is 14.7 Å². The van der Waals surface area contributed by atoms with Crippen LogP contribution in [0, 0.1) is 6.92 Å².